The zero-order valence-electron chi connectivity index (χ0n) is 12.0. The van der Waals surface area contributed by atoms with E-state index in [9.17, 15) is 0 Å². The number of rotatable bonds is 4. The fourth-order valence-electron chi connectivity index (χ4n) is 2.81. The standard InChI is InChI=1S/C18H23N/c1-3-15(16-9-7-8-10-16)13-14-18(19-2)17-11-5-4-6-12-17/h3-6,11-14,16H,7-10H2,1-2H3/b14-13-,15-3+,19-18?. The third kappa shape index (κ3) is 3.66. The molecule has 2 rings (SSSR count). The lowest BCUT2D eigenvalue weighted by Gasteiger charge is -2.10. The maximum Gasteiger partial charge on any atom is 0.0643 e. The summed E-state index contributed by atoms with van der Waals surface area (Å²) in [6.45, 7) is 2.14. The summed E-state index contributed by atoms with van der Waals surface area (Å²) in [4.78, 5) is 4.39. The van der Waals surface area contributed by atoms with E-state index in [0.29, 0.717) is 0 Å². The van der Waals surface area contributed by atoms with E-state index in [4.69, 9.17) is 0 Å². The van der Waals surface area contributed by atoms with E-state index in [1.165, 1.54) is 36.8 Å². The van der Waals surface area contributed by atoms with Gasteiger partial charge in [-0.2, -0.15) is 0 Å². The second kappa shape index (κ2) is 7.08. The summed E-state index contributed by atoms with van der Waals surface area (Å²) in [5.41, 5.74) is 3.70. The minimum atomic E-state index is 0.759. The molecule has 1 heteroatoms. The van der Waals surface area contributed by atoms with Crippen LogP contribution < -0.4 is 0 Å². The Bertz CT molecular complexity index is 474. The van der Waals surface area contributed by atoms with Gasteiger partial charge < -0.3 is 0 Å². The lowest BCUT2D eigenvalue weighted by atomic mass is 9.96. The van der Waals surface area contributed by atoms with Gasteiger partial charge in [0.2, 0.25) is 0 Å². The minimum Gasteiger partial charge on any atom is -0.288 e. The quantitative estimate of drug-likeness (QED) is 0.540. The van der Waals surface area contributed by atoms with Crippen LogP contribution in [-0.2, 0) is 0 Å². The van der Waals surface area contributed by atoms with Crippen LogP contribution in [-0.4, -0.2) is 12.8 Å². The molecule has 1 saturated carbocycles. The van der Waals surface area contributed by atoms with Crippen LogP contribution in [0.25, 0.3) is 0 Å². The molecule has 1 aliphatic carbocycles. The molecular formula is C18H23N. The molecule has 0 N–H and O–H groups in total. The number of aliphatic imine (C=N–C) groups is 1. The maximum atomic E-state index is 4.39. The van der Waals surface area contributed by atoms with Gasteiger partial charge in [0.05, 0.1) is 5.71 Å². The molecule has 0 heterocycles. The van der Waals surface area contributed by atoms with Crippen molar-refractivity contribution in [2.45, 2.75) is 32.6 Å². The Morgan fingerprint density at radius 3 is 2.37 bits per heavy atom. The number of benzene rings is 1. The molecule has 0 spiro atoms. The second-order valence-electron chi connectivity index (χ2n) is 5.08. The number of hydrogen-bond acceptors (Lipinski definition) is 1. The summed E-state index contributed by atoms with van der Waals surface area (Å²) in [7, 11) is 1.86. The van der Waals surface area contributed by atoms with Gasteiger partial charge in [0.15, 0.2) is 0 Å². The number of hydrogen-bond donors (Lipinski definition) is 0. The van der Waals surface area contributed by atoms with Crippen molar-refractivity contribution in [3.63, 3.8) is 0 Å². The van der Waals surface area contributed by atoms with E-state index < -0.39 is 0 Å². The van der Waals surface area contributed by atoms with Crippen molar-refractivity contribution in [3.05, 3.63) is 59.7 Å². The lowest BCUT2D eigenvalue weighted by Crippen LogP contribution is -1.99. The smallest absolute Gasteiger partial charge is 0.0643 e. The van der Waals surface area contributed by atoms with Crippen LogP contribution in [0.5, 0.6) is 0 Å². The first-order chi connectivity index (χ1) is 9.35. The van der Waals surface area contributed by atoms with Crippen LogP contribution >= 0.6 is 0 Å². The van der Waals surface area contributed by atoms with Gasteiger partial charge >= 0.3 is 0 Å². The molecule has 1 aromatic rings. The largest absolute Gasteiger partial charge is 0.288 e. The molecule has 1 aromatic carbocycles. The number of nitrogens with zero attached hydrogens (tertiary/aromatic N) is 1. The zero-order valence-corrected chi connectivity index (χ0v) is 12.0. The summed E-state index contributed by atoms with van der Waals surface area (Å²) in [5.74, 6) is 0.759. The van der Waals surface area contributed by atoms with Crippen molar-refractivity contribution in [1.29, 1.82) is 0 Å². The van der Waals surface area contributed by atoms with Crippen LogP contribution in [0.1, 0.15) is 38.2 Å². The van der Waals surface area contributed by atoms with Crippen molar-refractivity contribution in [3.8, 4) is 0 Å². The van der Waals surface area contributed by atoms with Gasteiger partial charge in [-0.05, 0) is 42.9 Å². The first-order valence-corrected chi connectivity index (χ1v) is 7.21. The molecule has 19 heavy (non-hydrogen) atoms. The SMILES string of the molecule is C/C=C(\C=C/C(=NC)c1ccccc1)C1CCCC1. The molecule has 1 nitrogen and oxygen atoms in total. The van der Waals surface area contributed by atoms with Gasteiger partial charge in [-0.15, -0.1) is 0 Å². The normalized spacial score (nSPS) is 18.4. The molecule has 0 saturated heterocycles. The molecule has 0 unspecified atom stereocenters. The molecule has 100 valence electrons. The molecule has 0 amide bonds. The van der Waals surface area contributed by atoms with Gasteiger partial charge in [0, 0.05) is 7.05 Å². The maximum absolute atomic E-state index is 4.39. The average Bonchev–Trinajstić information content (AvgIpc) is 2.99. The first-order valence-electron chi connectivity index (χ1n) is 7.21. The van der Waals surface area contributed by atoms with Crippen LogP contribution in [0.15, 0.2) is 59.1 Å². The molecule has 0 bridgehead atoms. The molecule has 0 aromatic heterocycles. The molecular weight excluding hydrogens is 230 g/mol. The van der Waals surface area contributed by atoms with E-state index in [0.717, 1.165) is 11.6 Å². The lowest BCUT2D eigenvalue weighted by molar-refractivity contribution is 0.656. The Kier molecular flexibility index (Phi) is 5.14. The zero-order chi connectivity index (χ0) is 13.5. The van der Waals surface area contributed by atoms with E-state index in [2.05, 4.69) is 54.4 Å². The molecule has 1 fully saturated rings. The van der Waals surface area contributed by atoms with Crippen LogP contribution in [0, 0.1) is 5.92 Å². The fraction of sp³-hybridized carbons (Fsp3) is 0.389. The molecule has 0 radical (unpaired) electrons. The Morgan fingerprint density at radius 2 is 1.79 bits per heavy atom. The van der Waals surface area contributed by atoms with Crippen LogP contribution in [0.2, 0.25) is 0 Å². The van der Waals surface area contributed by atoms with Gasteiger partial charge in [0.1, 0.15) is 0 Å². The van der Waals surface area contributed by atoms with Crippen molar-refractivity contribution in [1.82, 2.24) is 0 Å². The molecule has 0 atom stereocenters. The highest BCUT2D eigenvalue weighted by Crippen LogP contribution is 2.31. The van der Waals surface area contributed by atoms with Crippen molar-refractivity contribution < 1.29 is 0 Å². The summed E-state index contributed by atoms with van der Waals surface area (Å²) in [6.07, 6.45) is 12.1. The first kappa shape index (κ1) is 13.8. The molecule has 1 aliphatic rings. The fourth-order valence-corrected chi connectivity index (χ4v) is 2.81. The Labute approximate surface area is 116 Å². The number of allylic oxidation sites excluding steroid dienone is 4. The van der Waals surface area contributed by atoms with Gasteiger partial charge in [-0.1, -0.05) is 55.3 Å². The second-order valence-corrected chi connectivity index (χ2v) is 5.08. The van der Waals surface area contributed by atoms with Gasteiger partial charge in [0.25, 0.3) is 0 Å². The third-order valence-electron chi connectivity index (χ3n) is 3.90. The average molecular weight is 253 g/mol. The Balaban J connectivity index is 2.11. The summed E-state index contributed by atoms with van der Waals surface area (Å²) >= 11 is 0. The highest BCUT2D eigenvalue weighted by molar-refractivity contribution is 6.08. The molecule has 0 aliphatic heterocycles. The van der Waals surface area contributed by atoms with Gasteiger partial charge in [-0.3, -0.25) is 4.99 Å². The van der Waals surface area contributed by atoms with E-state index in [-0.39, 0.29) is 0 Å². The van der Waals surface area contributed by atoms with E-state index in [1.54, 1.807) is 0 Å². The van der Waals surface area contributed by atoms with Crippen molar-refractivity contribution in [2.75, 3.05) is 7.05 Å². The highest BCUT2D eigenvalue weighted by Gasteiger charge is 2.16. The van der Waals surface area contributed by atoms with Crippen molar-refractivity contribution >= 4 is 5.71 Å². The minimum absolute atomic E-state index is 0.759. The summed E-state index contributed by atoms with van der Waals surface area (Å²) < 4.78 is 0. The Hall–Kier alpha value is -1.63. The Morgan fingerprint density at radius 1 is 1.11 bits per heavy atom. The van der Waals surface area contributed by atoms with Crippen LogP contribution in [0.3, 0.4) is 0 Å². The predicted octanol–water partition coefficient (Wildman–Crippen LogP) is 4.80. The van der Waals surface area contributed by atoms with Crippen LogP contribution in [0.4, 0.5) is 0 Å². The van der Waals surface area contributed by atoms with E-state index in [1.807, 2.05) is 13.1 Å². The summed E-state index contributed by atoms with van der Waals surface area (Å²) in [6, 6.07) is 10.4. The predicted molar refractivity (Wildman–Crippen MR) is 83.8 cm³/mol. The topological polar surface area (TPSA) is 12.4 Å². The summed E-state index contributed by atoms with van der Waals surface area (Å²) in [5, 5.41) is 0. The monoisotopic (exact) mass is 253 g/mol. The van der Waals surface area contributed by atoms with Gasteiger partial charge in [-0.25, -0.2) is 0 Å². The van der Waals surface area contributed by atoms with Crippen molar-refractivity contribution in [2.24, 2.45) is 10.9 Å². The van der Waals surface area contributed by atoms with E-state index >= 15 is 0 Å². The highest BCUT2D eigenvalue weighted by atomic mass is 14.7. The third-order valence-corrected chi connectivity index (χ3v) is 3.90.